The van der Waals surface area contributed by atoms with Gasteiger partial charge in [0.15, 0.2) is 0 Å². The normalized spacial score (nSPS) is 11.2. The minimum absolute atomic E-state index is 0.169. The number of ether oxygens (including phenoxy) is 2. The molecule has 0 saturated carbocycles. The third-order valence-electron chi connectivity index (χ3n) is 3.00. The van der Waals surface area contributed by atoms with E-state index in [9.17, 15) is 4.79 Å². The first kappa shape index (κ1) is 15.3. The first-order valence-electron chi connectivity index (χ1n) is 6.12. The van der Waals surface area contributed by atoms with Crippen molar-refractivity contribution in [2.24, 2.45) is 5.73 Å². The Morgan fingerprint density at radius 2 is 2.00 bits per heavy atom. The van der Waals surface area contributed by atoms with Gasteiger partial charge in [0.2, 0.25) is 5.91 Å². The van der Waals surface area contributed by atoms with Crippen molar-refractivity contribution in [1.82, 2.24) is 5.32 Å². The summed E-state index contributed by atoms with van der Waals surface area (Å²) in [6.07, 6.45) is 0. The molecule has 0 atom stereocenters. The van der Waals surface area contributed by atoms with Gasteiger partial charge >= 0.3 is 0 Å². The van der Waals surface area contributed by atoms with Gasteiger partial charge in [0.05, 0.1) is 20.8 Å². The highest BCUT2D eigenvalue weighted by molar-refractivity contribution is 5.75. The molecular weight excluding hydrogens is 244 g/mol. The molecular formula is C14H22N2O3. The molecule has 1 aromatic rings. The summed E-state index contributed by atoms with van der Waals surface area (Å²) in [6, 6.07) is 5.72. The molecule has 0 radical (unpaired) electrons. The highest BCUT2D eigenvalue weighted by atomic mass is 16.5. The lowest BCUT2D eigenvalue weighted by atomic mass is 9.84. The number of primary amides is 1. The van der Waals surface area contributed by atoms with E-state index in [4.69, 9.17) is 15.2 Å². The zero-order valence-corrected chi connectivity index (χ0v) is 11.9. The second-order valence-corrected chi connectivity index (χ2v) is 5.02. The molecule has 5 heteroatoms. The fraction of sp³-hybridized carbons (Fsp3) is 0.500. The Hall–Kier alpha value is -1.75. The second kappa shape index (κ2) is 6.43. The molecule has 1 aromatic carbocycles. The maximum absolute atomic E-state index is 10.7. The fourth-order valence-corrected chi connectivity index (χ4v) is 1.95. The van der Waals surface area contributed by atoms with Gasteiger partial charge in [0.25, 0.3) is 0 Å². The van der Waals surface area contributed by atoms with E-state index in [1.165, 1.54) is 0 Å². The number of methoxy groups -OCH3 is 2. The Kier molecular flexibility index (Phi) is 5.18. The van der Waals surface area contributed by atoms with Gasteiger partial charge in [-0.1, -0.05) is 19.9 Å². The van der Waals surface area contributed by atoms with E-state index in [-0.39, 0.29) is 17.9 Å². The molecule has 0 fully saturated rings. The van der Waals surface area contributed by atoms with E-state index in [2.05, 4.69) is 19.2 Å². The van der Waals surface area contributed by atoms with Crippen molar-refractivity contribution in [3.63, 3.8) is 0 Å². The number of carbonyl (C=O) groups is 1. The number of nitrogens with one attached hydrogen (secondary N) is 1. The Labute approximate surface area is 114 Å². The summed E-state index contributed by atoms with van der Waals surface area (Å²) in [7, 11) is 3.25. The summed E-state index contributed by atoms with van der Waals surface area (Å²) < 4.78 is 10.6. The number of nitrogens with two attached hydrogens (primary N) is 1. The van der Waals surface area contributed by atoms with Crippen LogP contribution in [0.25, 0.3) is 0 Å². The molecule has 1 rings (SSSR count). The third-order valence-corrected chi connectivity index (χ3v) is 3.00. The average molecular weight is 266 g/mol. The molecule has 0 aromatic heterocycles. The smallest absolute Gasteiger partial charge is 0.231 e. The lowest BCUT2D eigenvalue weighted by Crippen LogP contribution is -2.38. The van der Waals surface area contributed by atoms with Crippen molar-refractivity contribution in [2.45, 2.75) is 19.3 Å². The Balaban J connectivity index is 2.89. The summed E-state index contributed by atoms with van der Waals surface area (Å²) >= 11 is 0. The van der Waals surface area contributed by atoms with Gasteiger partial charge in [-0.2, -0.15) is 0 Å². The van der Waals surface area contributed by atoms with E-state index < -0.39 is 0 Å². The van der Waals surface area contributed by atoms with Crippen LogP contribution in [0.5, 0.6) is 11.5 Å². The first-order chi connectivity index (χ1) is 8.90. The second-order valence-electron chi connectivity index (χ2n) is 5.02. The van der Waals surface area contributed by atoms with Crippen molar-refractivity contribution < 1.29 is 14.3 Å². The van der Waals surface area contributed by atoms with E-state index >= 15 is 0 Å². The molecule has 3 N–H and O–H groups in total. The Morgan fingerprint density at radius 3 is 2.53 bits per heavy atom. The van der Waals surface area contributed by atoms with Gasteiger partial charge in [0.1, 0.15) is 11.5 Å². The van der Waals surface area contributed by atoms with E-state index in [0.29, 0.717) is 6.54 Å². The number of benzene rings is 1. The highest BCUT2D eigenvalue weighted by Crippen LogP contribution is 2.33. The zero-order valence-electron chi connectivity index (χ0n) is 11.9. The fourth-order valence-electron chi connectivity index (χ4n) is 1.95. The average Bonchev–Trinajstić information content (AvgIpc) is 2.37. The lowest BCUT2D eigenvalue weighted by Gasteiger charge is -2.27. The van der Waals surface area contributed by atoms with Gasteiger partial charge in [-0.3, -0.25) is 4.79 Å². The Bertz CT molecular complexity index is 444. The SMILES string of the molecule is COc1ccc(C(C)(C)CNCC(N)=O)c(OC)c1. The van der Waals surface area contributed by atoms with Crippen LogP contribution in [0.15, 0.2) is 18.2 Å². The van der Waals surface area contributed by atoms with Gasteiger partial charge in [-0.15, -0.1) is 0 Å². The topological polar surface area (TPSA) is 73.6 Å². The van der Waals surface area contributed by atoms with Gasteiger partial charge < -0.3 is 20.5 Å². The van der Waals surface area contributed by atoms with Crippen LogP contribution in [0.4, 0.5) is 0 Å². The number of amides is 1. The molecule has 0 aliphatic rings. The van der Waals surface area contributed by atoms with Crippen molar-refractivity contribution in [2.75, 3.05) is 27.3 Å². The molecule has 0 unspecified atom stereocenters. The molecule has 1 amide bonds. The van der Waals surface area contributed by atoms with Crippen molar-refractivity contribution in [3.8, 4) is 11.5 Å². The van der Waals surface area contributed by atoms with E-state index in [1.807, 2.05) is 18.2 Å². The highest BCUT2D eigenvalue weighted by Gasteiger charge is 2.24. The maximum Gasteiger partial charge on any atom is 0.231 e. The van der Waals surface area contributed by atoms with Crippen LogP contribution in [0, 0.1) is 0 Å². The van der Waals surface area contributed by atoms with E-state index in [0.717, 1.165) is 17.1 Å². The summed E-state index contributed by atoms with van der Waals surface area (Å²) in [5, 5.41) is 3.04. The summed E-state index contributed by atoms with van der Waals surface area (Å²) in [6.45, 7) is 4.94. The molecule has 0 aliphatic carbocycles. The summed E-state index contributed by atoms with van der Waals surface area (Å²) in [4.78, 5) is 10.7. The largest absolute Gasteiger partial charge is 0.497 e. The molecule has 5 nitrogen and oxygen atoms in total. The Morgan fingerprint density at radius 1 is 1.32 bits per heavy atom. The maximum atomic E-state index is 10.7. The minimum atomic E-state index is -0.363. The number of rotatable bonds is 7. The van der Waals surface area contributed by atoms with Gasteiger partial charge in [-0.05, 0) is 6.07 Å². The summed E-state index contributed by atoms with van der Waals surface area (Å²) in [5.74, 6) is 1.16. The van der Waals surface area contributed by atoms with Crippen LogP contribution in [-0.4, -0.2) is 33.2 Å². The van der Waals surface area contributed by atoms with E-state index in [1.54, 1.807) is 14.2 Å². The molecule has 0 heterocycles. The minimum Gasteiger partial charge on any atom is -0.497 e. The van der Waals surface area contributed by atoms with Crippen molar-refractivity contribution >= 4 is 5.91 Å². The van der Waals surface area contributed by atoms with Crippen molar-refractivity contribution in [3.05, 3.63) is 23.8 Å². The lowest BCUT2D eigenvalue weighted by molar-refractivity contribution is -0.117. The first-order valence-corrected chi connectivity index (χ1v) is 6.12. The molecule has 0 bridgehead atoms. The van der Waals surface area contributed by atoms with Crippen molar-refractivity contribution in [1.29, 1.82) is 0 Å². The zero-order chi connectivity index (χ0) is 14.5. The molecule has 19 heavy (non-hydrogen) atoms. The summed E-state index contributed by atoms with van der Waals surface area (Å²) in [5.41, 5.74) is 5.97. The molecule has 0 saturated heterocycles. The molecule has 0 spiro atoms. The number of carbonyl (C=O) groups excluding carboxylic acids is 1. The van der Waals surface area contributed by atoms with Crippen LogP contribution in [0.2, 0.25) is 0 Å². The van der Waals surface area contributed by atoms with Crippen LogP contribution in [-0.2, 0) is 10.2 Å². The quantitative estimate of drug-likeness (QED) is 0.774. The van der Waals surface area contributed by atoms with Crippen LogP contribution in [0.1, 0.15) is 19.4 Å². The number of hydrogen-bond acceptors (Lipinski definition) is 4. The monoisotopic (exact) mass is 266 g/mol. The third kappa shape index (κ3) is 4.13. The number of hydrogen-bond donors (Lipinski definition) is 2. The van der Waals surface area contributed by atoms with Crippen LogP contribution >= 0.6 is 0 Å². The molecule has 106 valence electrons. The molecule has 0 aliphatic heterocycles. The van der Waals surface area contributed by atoms with Gasteiger partial charge in [0, 0.05) is 23.6 Å². The van der Waals surface area contributed by atoms with Crippen LogP contribution < -0.4 is 20.5 Å². The van der Waals surface area contributed by atoms with Gasteiger partial charge in [-0.25, -0.2) is 0 Å². The van der Waals surface area contributed by atoms with Crippen LogP contribution in [0.3, 0.4) is 0 Å². The predicted octanol–water partition coefficient (Wildman–Crippen LogP) is 1.06. The predicted molar refractivity (Wildman–Crippen MR) is 74.6 cm³/mol. The standard InChI is InChI=1S/C14H22N2O3/c1-14(2,9-16-8-13(15)17)11-6-5-10(18-3)7-12(11)19-4/h5-7,16H,8-9H2,1-4H3,(H2,15,17).